The molecule has 5 nitrogen and oxygen atoms in total. The van der Waals surface area contributed by atoms with Crippen molar-refractivity contribution in [3.8, 4) is 0 Å². The van der Waals surface area contributed by atoms with Crippen molar-refractivity contribution in [2.45, 2.75) is 187 Å². The number of unbranched alkanes of at least 4 members (excludes halogenated alkanes) is 18. The summed E-state index contributed by atoms with van der Waals surface area (Å²) < 4.78 is 12.6. The Morgan fingerprint density at radius 1 is 0.605 bits per heavy atom. The average molecular weight is 611 g/mol. The summed E-state index contributed by atoms with van der Waals surface area (Å²) in [6.07, 6.45) is 34.0. The smallest absolute Gasteiger partial charge is 0.0934 e. The van der Waals surface area contributed by atoms with Crippen LogP contribution in [0.4, 0.5) is 0 Å². The number of hydrogen-bond donors (Lipinski definition) is 1. The van der Waals surface area contributed by atoms with Gasteiger partial charge in [0.1, 0.15) is 0 Å². The molecule has 0 bridgehead atoms. The lowest BCUT2D eigenvalue weighted by Crippen LogP contribution is -2.44. The lowest BCUT2D eigenvalue weighted by Gasteiger charge is -2.35. The van der Waals surface area contributed by atoms with Crippen molar-refractivity contribution in [2.75, 3.05) is 59.7 Å². The fourth-order valence-corrected chi connectivity index (χ4v) is 6.69. The van der Waals surface area contributed by atoms with Crippen molar-refractivity contribution in [3.05, 3.63) is 0 Å². The highest BCUT2D eigenvalue weighted by molar-refractivity contribution is 4.77. The lowest BCUT2D eigenvalue weighted by molar-refractivity contribution is -0.0325. The van der Waals surface area contributed by atoms with E-state index in [9.17, 15) is 5.11 Å². The van der Waals surface area contributed by atoms with Gasteiger partial charge in [0, 0.05) is 45.4 Å². The first kappa shape index (κ1) is 40.8. The van der Waals surface area contributed by atoms with E-state index in [2.05, 4.69) is 30.7 Å². The topological polar surface area (TPSA) is 45.2 Å². The number of nitrogens with zero attached hydrogens (tertiary/aromatic N) is 2. The first-order valence-corrected chi connectivity index (χ1v) is 19.4. The van der Waals surface area contributed by atoms with E-state index in [0.717, 1.165) is 39.4 Å². The van der Waals surface area contributed by atoms with Gasteiger partial charge in [-0.15, -0.1) is 0 Å². The van der Waals surface area contributed by atoms with Crippen LogP contribution in [-0.4, -0.2) is 86.7 Å². The van der Waals surface area contributed by atoms with Crippen LogP contribution in [-0.2, 0) is 9.47 Å². The van der Waals surface area contributed by atoms with E-state index in [1.165, 1.54) is 161 Å². The molecule has 1 fully saturated rings. The van der Waals surface area contributed by atoms with Crippen LogP contribution < -0.4 is 0 Å². The Bertz CT molecular complexity index is 543. The molecule has 0 aromatic carbocycles. The van der Waals surface area contributed by atoms with Crippen LogP contribution in [0.5, 0.6) is 0 Å². The number of rotatable bonds is 33. The SMILES string of the molecule is CCCCCCCCCCCCOCC(CN(C)CCN(CCO)C1CCCCC1)OCCCCCCCCCCCC. The van der Waals surface area contributed by atoms with Gasteiger partial charge in [-0.05, 0) is 32.7 Å². The molecule has 43 heavy (non-hydrogen) atoms. The summed E-state index contributed by atoms with van der Waals surface area (Å²) in [5.41, 5.74) is 0. The van der Waals surface area contributed by atoms with E-state index in [1.54, 1.807) is 0 Å². The highest BCUT2D eigenvalue weighted by atomic mass is 16.5. The van der Waals surface area contributed by atoms with E-state index >= 15 is 0 Å². The summed E-state index contributed by atoms with van der Waals surface area (Å²) in [5, 5.41) is 9.66. The fourth-order valence-electron chi connectivity index (χ4n) is 6.69. The molecule has 0 saturated heterocycles. The summed E-state index contributed by atoms with van der Waals surface area (Å²) in [5.74, 6) is 0. The highest BCUT2D eigenvalue weighted by Gasteiger charge is 2.21. The predicted molar refractivity (Wildman–Crippen MR) is 187 cm³/mol. The molecule has 1 N–H and O–H groups in total. The quantitative estimate of drug-likeness (QED) is 0.0750. The summed E-state index contributed by atoms with van der Waals surface area (Å²) in [6.45, 7) is 11.1. The van der Waals surface area contributed by atoms with Crippen LogP contribution in [0.3, 0.4) is 0 Å². The molecule has 0 aromatic rings. The Kier molecular flexibility index (Phi) is 30.2. The van der Waals surface area contributed by atoms with Crippen molar-refractivity contribution in [2.24, 2.45) is 0 Å². The average Bonchev–Trinajstić information content (AvgIpc) is 3.02. The van der Waals surface area contributed by atoms with Gasteiger partial charge < -0.3 is 19.5 Å². The van der Waals surface area contributed by atoms with Crippen molar-refractivity contribution >= 4 is 0 Å². The second kappa shape index (κ2) is 31.8. The Hall–Kier alpha value is -0.200. The van der Waals surface area contributed by atoms with E-state index in [4.69, 9.17) is 9.47 Å². The zero-order valence-corrected chi connectivity index (χ0v) is 29.6. The first-order valence-electron chi connectivity index (χ1n) is 19.4. The molecule has 1 unspecified atom stereocenters. The van der Waals surface area contributed by atoms with E-state index in [-0.39, 0.29) is 12.7 Å². The number of hydrogen-bond acceptors (Lipinski definition) is 5. The van der Waals surface area contributed by atoms with Gasteiger partial charge in [0.2, 0.25) is 0 Å². The molecule has 258 valence electrons. The van der Waals surface area contributed by atoms with Crippen LogP contribution in [0.1, 0.15) is 174 Å². The molecular formula is C38H78N2O3. The zero-order valence-electron chi connectivity index (χ0n) is 29.6. The molecule has 1 aliphatic rings. The summed E-state index contributed by atoms with van der Waals surface area (Å²) in [6, 6.07) is 0.655. The summed E-state index contributed by atoms with van der Waals surface area (Å²) >= 11 is 0. The molecule has 1 atom stereocenters. The predicted octanol–water partition coefficient (Wildman–Crippen LogP) is 9.79. The Morgan fingerprint density at radius 3 is 1.60 bits per heavy atom. The largest absolute Gasteiger partial charge is 0.395 e. The molecule has 0 aromatic heterocycles. The highest BCUT2D eigenvalue weighted by Crippen LogP contribution is 2.22. The van der Waals surface area contributed by atoms with Crippen LogP contribution >= 0.6 is 0 Å². The third kappa shape index (κ3) is 25.7. The van der Waals surface area contributed by atoms with Crippen LogP contribution in [0.25, 0.3) is 0 Å². The van der Waals surface area contributed by atoms with Gasteiger partial charge in [-0.1, -0.05) is 149 Å². The molecule has 1 saturated carbocycles. The minimum absolute atomic E-state index is 0.146. The molecule has 0 amide bonds. The molecule has 1 aliphatic carbocycles. The molecular weight excluding hydrogens is 532 g/mol. The van der Waals surface area contributed by atoms with Crippen molar-refractivity contribution in [1.82, 2.24) is 9.80 Å². The number of ether oxygens (including phenoxy) is 2. The van der Waals surface area contributed by atoms with Crippen molar-refractivity contribution in [3.63, 3.8) is 0 Å². The molecule has 0 aliphatic heterocycles. The van der Waals surface area contributed by atoms with Gasteiger partial charge in [0.05, 0.1) is 19.3 Å². The fraction of sp³-hybridized carbons (Fsp3) is 1.00. The number of aliphatic hydroxyl groups is 1. The molecule has 0 heterocycles. The number of aliphatic hydroxyl groups excluding tert-OH is 1. The van der Waals surface area contributed by atoms with E-state index < -0.39 is 0 Å². The summed E-state index contributed by atoms with van der Waals surface area (Å²) in [7, 11) is 2.23. The Balaban J connectivity index is 2.29. The zero-order chi connectivity index (χ0) is 31.1. The van der Waals surface area contributed by atoms with Gasteiger partial charge in [0.25, 0.3) is 0 Å². The monoisotopic (exact) mass is 611 g/mol. The Morgan fingerprint density at radius 2 is 1.09 bits per heavy atom. The third-order valence-electron chi connectivity index (χ3n) is 9.56. The van der Waals surface area contributed by atoms with Gasteiger partial charge >= 0.3 is 0 Å². The second-order valence-electron chi connectivity index (χ2n) is 13.7. The van der Waals surface area contributed by atoms with Crippen LogP contribution in [0.15, 0.2) is 0 Å². The van der Waals surface area contributed by atoms with Crippen LogP contribution in [0.2, 0.25) is 0 Å². The van der Waals surface area contributed by atoms with Gasteiger partial charge in [-0.25, -0.2) is 0 Å². The Labute approximate surface area is 270 Å². The third-order valence-corrected chi connectivity index (χ3v) is 9.56. The maximum absolute atomic E-state index is 9.66. The maximum atomic E-state index is 9.66. The minimum atomic E-state index is 0.146. The van der Waals surface area contributed by atoms with Crippen molar-refractivity contribution in [1.29, 1.82) is 0 Å². The van der Waals surface area contributed by atoms with Crippen molar-refractivity contribution < 1.29 is 14.6 Å². The normalized spacial score (nSPS) is 15.2. The molecule has 5 heteroatoms. The first-order chi connectivity index (χ1) is 21.2. The van der Waals surface area contributed by atoms with E-state index in [0.29, 0.717) is 12.6 Å². The summed E-state index contributed by atoms with van der Waals surface area (Å²) in [4.78, 5) is 4.97. The van der Waals surface area contributed by atoms with Gasteiger partial charge in [-0.2, -0.15) is 0 Å². The standard InChI is InChI=1S/C38H78N2O3/c1-4-6-8-10-12-14-16-18-20-25-33-42-36-38(43-34-26-21-19-17-15-13-11-9-7-5-2)35-39(3)29-30-40(31-32-41)37-27-23-22-24-28-37/h37-38,41H,4-36H2,1-3H3. The second-order valence-corrected chi connectivity index (χ2v) is 13.7. The number of likely N-dealkylation sites (N-methyl/N-ethyl adjacent to an activating group) is 1. The van der Waals surface area contributed by atoms with Gasteiger partial charge in [-0.3, -0.25) is 4.90 Å². The minimum Gasteiger partial charge on any atom is -0.395 e. The van der Waals surface area contributed by atoms with Crippen LogP contribution in [0, 0.1) is 0 Å². The molecule has 0 spiro atoms. The molecule has 0 radical (unpaired) electrons. The maximum Gasteiger partial charge on any atom is 0.0934 e. The van der Waals surface area contributed by atoms with E-state index in [1.807, 2.05) is 0 Å². The van der Waals surface area contributed by atoms with Gasteiger partial charge in [0.15, 0.2) is 0 Å². The lowest BCUT2D eigenvalue weighted by atomic mass is 9.94. The molecule has 1 rings (SSSR count).